The van der Waals surface area contributed by atoms with Gasteiger partial charge in [-0.05, 0) is 56.9 Å². The molecule has 1 aromatic rings. The summed E-state index contributed by atoms with van der Waals surface area (Å²) in [6, 6.07) is 7.31. The molecule has 2 fully saturated rings. The number of piperazine rings is 1. The summed E-state index contributed by atoms with van der Waals surface area (Å²) in [5.74, 6) is 0.909. The summed E-state index contributed by atoms with van der Waals surface area (Å²) < 4.78 is 5.40. The average Bonchev–Trinajstić information content (AvgIpc) is 3.29. The van der Waals surface area contributed by atoms with Gasteiger partial charge in [0.15, 0.2) is 0 Å². The minimum atomic E-state index is -0.756. The van der Waals surface area contributed by atoms with E-state index in [0.29, 0.717) is 6.61 Å². The first-order valence-corrected chi connectivity index (χ1v) is 7.40. The van der Waals surface area contributed by atoms with E-state index < -0.39 is 5.54 Å². The molecule has 5 nitrogen and oxygen atoms in total. The minimum Gasteiger partial charge on any atom is -0.494 e. The SMILES string of the molecule is CCOc1ccc(N2CC(=O)NC(C)(C3CC3)C2=O)cc1. The second-order valence-electron chi connectivity index (χ2n) is 5.84. The second kappa shape index (κ2) is 5.06. The molecule has 1 heterocycles. The number of rotatable bonds is 4. The Hall–Kier alpha value is -2.04. The maximum Gasteiger partial charge on any atom is 0.253 e. The number of nitrogens with zero attached hydrogens (tertiary/aromatic N) is 1. The molecule has 1 atom stereocenters. The molecule has 1 unspecified atom stereocenters. The summed E-state index contributed by atoms with van der Waals surface area (Å²) in [5.41, 5.74) is -0.0151. The number of nitrogens with one attached hydrogen (secondary N) is 1. The van der Waals surface area contributed by atoms with Gasteiger partial charge in [-0.25, -0.2) is 0 Å². The Morgan fingerprint density at radius 2 is 1.95 bits per heavy atom. The molecular weight excluding hydrogens is 268 g/mol. The maximum atomic E-state index is 12.8. The molecule has 1 aliphatic heterocycles. The Kier molecular flexibility index (Phi) is 3.35. The summed E-state index contributed by atoms with van der Waals surface area (Å²) in [7, 11) is 0. The lowest BCUT2D eigenvalue weighted by Crippen LogP contribution is -2.66. The average molecular weight is 288 g/mol. The molecule has 2 aliphatic rings. The number of anilines is 1. The lowest BCUT2D eigenvalue weighted by molar-refractivity contribution is -0.136. The van der Waals surface area contributed by atoms with E-state index >= 15 is 0 Å². The highest BCUT2D eigenvalue weighted by molar-refractivity contribution is 6.09. The van der Waals surface area contributed by atoms with Gasteiger partial charge in [-0.15, -0.1) is 0 Å². The molecule has 1 aromatic carbocycles. The van der Waals surface area contributed by atoms with Crippen molar-refractivity contribution in [1.29, 1.82) is 0 Å². The van der Waals surface area contributed by atoms with Crippen molar-refractivity contribution in [3.63, 3.8) is 0 Å². The molecular formula is C16H20N2O3. The van der Waals surface area contributed by atoms with Gasteiger partial charge in [0.25, 0.3) is 5.91 Å². The van der Waals surface area contributed by atoms with Gasteiger partial charge >= 0.3 is 0 Å². The predicted octanol–water partition coefficient (Wildman–Crippen LogP) is 1.72. The highest BCUT2D eigenvalue weighted by atomic mass is 16.5. The van der Waals surface area contributed by atoms with Crippen LogP contribution in [0.25, 0.3) is 0 Å². The number of amides is 2. The Bertz CT molecular complexity index is 565. The van der Waals surface area contributed by atoms with Crippen LogP contribution in [0.1, 0.15) is 26.7 Å². The Labute approximate surface area is 124 Å². The quantitative estimate of drug-likeness (QED) is 0.917. The molecule has 0 aromatic heterocycles. The van der Waals surface area contributed by atoms with Crippen LogP contribution in [0.5, 0.6) is 5.75 Å². The van der Waals surface area contributed by atoms with Crippen LogP contribution < -0.4 is 15.0 Å². The maximum absolute atomic E-state index is 12.8. The van der Waals surface area contributed by atoms with Crippen molar-refractivity contribution in [2.75, 3.05) is 18.1 Å². The topological polar surface area (TPSA) is 58.6 Å². The third-order valence-electron chi connectivity index (χ3n) is 4.24. The van der Waals surface area contributed by atoms with Gasteiger partial charge in [0.2, 0.25) is 5.91 Å². The normalized spacial score (nSPS) is 25.7. The van der Waals surface area contributed by atoms with Crippen molar-refractivity contribution in [3.8, 4) is 5.75 Å². The summed E-state index contributed by atoms with van der Waals surface area (Å²) >= 11 is 0. The Morgan fingerprint density at radius 3 is 2.52 bits per heavy atom. The highest BCUT2D eigenvalue weighted by Gasteiger charge is 2.52. The van der Waals surface area contributed by atoms with E-state index in [1.54, 1.807) is 4.90 Å². The number of benzene rings is 1. The lowest BCUT2D eigenvalue weighted by atomic mass is 9.91. The predicted molar refractivity (Wildman–Crippen MR) is 79.2 cm³/mol. The Morgan fingerprint density at radius 1 is 1.29 bits per heavy atom. The summed E-state index contributed by atoms with van der Waals surface area (Å²) in [6.45, 7) is 4.44. The number of carbonyl (C=O) groups excluding carboxylic acids is 2. The van der Waals surface area contributed by atoms with Crippen molar-refractivity contribution in [1.82, 2.24) is 5.32 Å². The van der Waals surface area contributed by atoms with Crippen LogP contribution in [0.3, 0.4) is 0 Å². The fourth-order valence-corrected chi connectivity index (χ4v) is 2.91. The van der Waals surface area contributed by atoms with Gasteiger partial charge < -0.3 is 15.0 Å². The van der Waals surface area contributed by atoms with E-state index in [-0.39, 0.29) is 24.3 Å². The molecule has 5 heteroatoms. The first-order chi connectivity index (χ1) is 10.0. The van der Waals surface area contributed by atoms with Crippen LogP contribution in [-0.2, 0) is 9.59 Å². The van der Waals surface area contributed by atoms with E-state index in [4.69, 9.17) is 4.74 Å². The van der Waals surface area contributed by atoms with Crippen LogP contribution in [0.4, 0.5) is 5.69 Å². The van der Waals surface area contributed by atoms with Gasteiger partial charge in [0, 0.05) is 5.69 Å². The van der Waals surface area contributed by atoms with Crippen LogP contribution in [0.15, 0.2) is 24.3 Å². The van der Waals surface area contributed by atoms with Crippen LogP contribution >= 0.6 is 0 Å². The van der Waals surface area contributed by atoms with E-state index in [0.717, 1.165) is 24.3 Å². The standard InChI is InChI=1S/C16H20N2O3/c1-3-21-13-8-6-12(7-9-13)18-10-14(19)17-16(2,15(18)20)11-4-5-11/h6-9,11H,3-5,10H2,1-2H3,(H,17,19). The molecule has 1 N–H and O–H groups in total. The summed E-state index contributed by atoms with van der Waals surface area (Å²) in [4.78, 5) is 26.3. The zero-order valence-corrected chi connectivity index (χ0v) is 12.4. The molecule has 1 saturated carbocycles. The van der Waals surface area contributed by atoms with Crippen LogP contribution in [0, 0.1) is 5.92 Å². The fourth-order valence-electron chi connectivity index (χ4n) is 2.91. The van der Waals surface area contributed by atoms with Crippen LogP contribution in [-0.4, -0.2) is 30.5 Å². The lowest BCUT2D eigenvalue weighted by Gasteiger charge is -2.40. The van der Waals surface area contributed by atoms with Crippen LogP contribution in [0.2, 0.25) is 0 Å². The number of hydrogen-bond acceptors (Lipinski definition) is 3. The smallest absolute Gasteiger partial charge is 0.253 e. The van der Waals surface area contributed by atoms with Crippen molar-refractivity contribution in [3.05, 3.63) is 24.3 Å². The van der Waals surface area contributed by atoms with Gasteiger partial charge in [-0.3, -0.25) is 9.59 Å². The van der Waals surface area contributed by atoms with Gasteiger partial charge in [0.1, 0.15) is 17.8 Å². The molecule has 21 heavy (non-hydrogen) atoms. The molecule has 2 amide bonds. The summed E-state index contributed by atoms with van der Waals surface area (Å²) in [6.07, 6.45) is 2.00. The highest BCUT2D eigenvalue weighted by Crippen LogP contribution is 2.42. The van der Waals surface area contributed by atoms with E-state index in [1.807, 2.05) is 38.1 Å². The largest absolute Gasteiger partial charge is 0.494 e. The molecule has 1 aliphatic carbocycles. The van der Waals surface area contributed by atoms with Gasteiger partial charge in [-0.2, -0.15) is 0 Å². The summed E-state index contributed by atoms with van der Waals surface area (Å²) in [5, 5.41) is 2.88. The monoisotopic (exact) mass is 288 g/mol. The first kappa shape index (κ1) is 13.9. The molecule has 1 saturated heterocycles. The van der Waals surface area contributed by atoms with E-state index in [1.165, 1.54) is 0 Å². The van der Waals surface area contributed by atoms with Crippen molar-refractivity contribution < 1.29 is 14.3 Å². The molecule has 3 rings (SSSR count). The molecule has 112 valence electrons. The Balaban J connectivity index is 1.86. The minimum absolute atomic E-state index is 0.0197. The molecule has 0 radical (unpaired) electrons. The van der Waals surface area contributed by atoms with Crippen molar-refractivity contribution in [2.45, 2.75) is 32.2 Å². The molecule has 0 bridgehead atoms. The molecule has 0 spiro atoms. The fraction of sp³-hybridized carbons (Fsp3) is 0.500. The van der Waals surface area contributed by atoms with Gasteiger partial charge in [0.05, 0.1) is 6.61 Å². The van der Waals surface area contributed by atoms with E-state index in [9.17, 15) is 9.59 Å². The number of hydrogen-bond donors (Lipinski definition) is 1. The first-order valence-electron chi connectivity index (χ1n) is 7.40. The zero-order chi connectivity index (χ0) is 15.0. The number of ether oxygens (including phenoxy) is 1. The number of carbonyl (C=O) groups is 2. The zero-order valence-electron chi connectivity index (χ0n) is 12.4. The van der Waals surface area contributed by atoms with E-state index in [2.05, 4.69) is 5.32 Å². The third-order valence-corrected chi connectivity index (χ3v) is 4.24. The van der Waals surface area contributed by atoms with Gasteiger partial charge in [-0.1, -0.05) is 0 Å². The third kappa shape index (κ3) is 2.48. The second-order valence-corrected chi connectivity index (χ2v) is 5.84. The van der Waals surface area contributed by atoms with Crippen molar-refractivity contribution in [2.24, 2.45) is 5.92 Å². The van der Waals surface area contributed by atoms with Crippen molar-refractivity contribution >= 4 is 17.5 Å².